The van der Waals surface area contributed by atoms with Crippen LogP contribution in [0.1, 0.15) is 26.2 Å². The van der Waals surface area contributed by atoms with Gasteiger partial charge in [0.15, 0.2) is 0 Å². The van der Waals surface area contributed by atoms with Crippen LogP contribution in [-0.4, -0.2) is 34.4 Å². The number of aryl methyl sites for hydroxylation is 1. The number of hydrogen-bond donors (Lipinski definition) is 2. The van der Waals surface area contributed by atoms with Crippen molar-refractivity contribution in [2.24, 2.45) is 0 Å². The lowest BCUT2D eigenvalue weighted by Crippen LogP contribution is -2.39. The number of hydrogen-bond acceptors (Lipinski definition) is 4. The molecule has 2 aliphatic rings. The molecule has 0 aliphatic carbocycles. The number of anilines is 2. The molecule has 1 fully saturated rings. The van der Waals surface area contributed by atoms with Gasteiger partial charge >= 0.3 is 0 Å². The Kier molecular flexibility index (Phi) is 2.74. The summed E-state index contributed by atoms with van der Waals surface area (Å²) >= 11 is 0. The highest BCUT2D eigenvalue weighted by Crippen LogP contribution is 2.29. The Bertz CT molecular complexity index is 463. The number of nitrogens with one attached hydrogen (secondary N) is 2. The van der Waals surface area contributed by atoms with Crippen molar-refractivity contribution in [3.63, 3.8) is 0 Å². The zero-order valence-corrected chi connectivity index (χ0v) is 10.5. The highest BCUT2D eigenvalue weighted by atomic mass is 16.5. The number of carbonyl (C=O) groups excluding carboxylic acids is 1. The van der Waals surface area contributed by atoms with Crippen LogP contribution in [0.2, 0.25) is 0 Å². The van der Waals surface area contributed by atoms with Crippen LogP contribution < -0.4 is 10.6 Å². The summed E-state index contributed by atoms with van der Waals surface area (Å²) < 4.78 is 7.42. The van der Waals surface area contributed by atoms with E-state index >= 15 is 0 Å². The Morgan fingerprint density at radius 1 is 1.61 bits per heavy atom. The van der Waals surface area contributed by atoms with Gasteiger partial charge in [-0.25, -0.2) is 4.68 Å². The lowest BCUT2D eigenvalue weighted by Gasteiger charge is -2.22. The molecule has 98 valence electrons. The van der Waals surface area contributed by atoms with Crippen LogP contribution in [-0.2, 0) is 16.1 Å². The van der Waals surface area contributed by atoms with Crippen LogP contribution in [0.4, 0.5) is 11.5 Å². The molecule has 2 N–H and O–H groups in total. The first-order valence-electron chi connectivity index (χ1n) is 6.44. The molecule has 1 aromatic heterocycles. The molecule has 6 heteroatoms. The number of fused-ring (bicyclic) bond motifs is 1. The summed E-state index contributed by atoms with van der Waals surface area (Å²) in [6.45, 7) is 4.32. The second kappa shape index (κ2) is 4.28. The highest BCUT2D eigenvalue weighted by molar-refractivity contribution is 5.99. The monoisotopic (exact) mass is 250 g/mol. The van der Waals surface area contributed by atoms with E-state index in [9.17, 15) is 4.79 Å². The third kappa shape index (κ3) is 1.86. The average Bonchev–Trinajstić information content (AvgIpc) is 2.98. The van der Waals surface area contributed by atoms with Crippen LogP contribution in [0.25, 0.3) is 0 Å². The van der Waals surface area contributed by atoms with E-state index < -0.39 is 5.60 Å². The Balaban J connectivity index is 1.76. The summed E-state index contributed by atoms with van der Waals surface area (Å²) in [6, 6.07) is 0. The molecular formula is C12H18N4O2. The Hall–Kier alpha value is -1.56. The maximum absolute atomic E-state index is 12.2. The molecule has 0 radical (unpaired) electrons. The van der Waals surface area contributed by atoms with Crippen LogP contribution >= 0.6 is 0 Å². The molecular weight excluding hydrogens is 232 g/mol. The maximum Gasteiger partial charge on any atom is 0.256 e. The van der Waals surface area contributed by atoms with E-state index in [2.05, 4.69) is 15.7 Å². The molecule has 2 aliphatic heterocycles. The highest BCUT2D eigenvalue weighted by Gasteiger charge is 2.38. The van der Waals surface area contributed by atoms with Crippen LogP contribution in [0.5, 0.6) is 0 Å². The zero-order valence-electron chi connectivity index (χ0n) is 10.5. The summed E-state index contributed by atoms with van der Waals surface area (Å²) in [5.41, 5.74) is 0.0557. The minimum Gasteiger partial charge on any atom is -0.368 e. The Morgan fingerprint density at radius 2 is 2.50 bits per heavy atom. The minimum absolute atomic E-state index is 0.0804. The standard InChI is InChI=1S/C12H18N4O2/c1-12(4-2-7-18-12)11(17)15-9-8-14-16-6-3-5-13-10(9)16/h8,13H,2-7H2,1H3,(H,15,17). The molecule has 3 rings (SSSR count). The molecule has 1 unspecified atom stereocenters. The Labute approximate surface area is 106 Å². The van der Waals surface area contributed by atoms with Gasteiger partial charge in [0.2, 0.25) is 0 Å². The van der Waals surface area contributed by atoms with Crippen LogP contribution in [0.15, 0.2) is 6.20 Å². The first-order valence-corrected chi connectivity index (χ1v) is 6.44. The normalized spacial score (nSPS) is 26.5. The fourth-order valence-corrected chi connectivity index (χ4v) is 2.48. The minimum atomic E-state index is -0.691. The lowest BCUT2D eigenvalue weighted by molar-refractivity contribution is -0.133. The Morgan fingerprint density at radius 3 is 3.28 bits per heavy atom. The van der Waals surface area contributed by atoms with Crippen molar-refractivity contribution in [1.82, 2.24) is 9.78 Å². The number of rotatable bonds is 2. The van der Waals surface area contributed by atoms with Gasteiger partial charge in [0.25, 0.3) is 5.91 Å². The summed E-state index contributed by atoms with van der Waals surface area (Å²) in [6.07, 6.45) is 4.47. The smallest absolute Gasteiger partial charge is 0.256 e. The van der Waals surface area contributed by atoms with E-state index in [1.807, 2.05) is 11.6 Å². The maximum atomic E-state index is 12.2. The molecule has 0 bridgehead atoms. The third-order valence-corrected chi connectivity index (χ3v) is 3.63. The van der Waals surface area contributed by atoms with Crippen LogP contribution in [0, 0.1) is 0 Å². The van der Waals surface area contributed by atoms with Gasteiger partial charge in [-0.1, -0.05) is 0 Å². The average molecular weight is 250 g/mol. The third-order valence-electron chi connectivity index (χ3n) is 3.63. The van der Waals surface area contributed by atoms with Gasteiger partial charge in [-0.2, -0.15) is 5.10 Å². The first-order chi connectivity index (χ1) is 8.69. The lowest BCUT2D eigenvalue weighted by atomic mass is 10.0. The molecule has 3 heterocycles. The second-order valence-electron chi connectivity index (χ2n) is 5.05. The van der Waals surface area contributed by atoms with Gasteiger partial charge < -0.3 is 15.4 Å². The summed E-state index contributed by atoms with van der Waals surface area (Å²) in [4.78, 5) is 12.2. The molecule has 0 saturated carbocycles. The van der Waals surface area contributed by atoms with E-state index in [1.54, 1.807) is 6.20 Å². The van der Waals surface area contributed by atoms with Gasteiger partial charge in [0, 0.05) is 19.7 Å². The van der Waals surface area contributed by atoms with Crippen molar-refractivity contribution in [2.45, 2.75) is 38.3 Å². The zero-order chi connectivity index (χ0) is 12.6. The molecule has 6 nitrogen and oxygen atoms in total. The topological polar surface area (TPSA) is 68.2 Å². The van der Waals surface area contributed by atoms with Crippen molar-refractivity contribution in [3.05, 3.63) is 6.20 Å². The first kappa shape index (κ1) is 11.5. The van der Waals surface area contributed by atoms with Crippen molar-refractivity contribution in [1.29, 1.82) is 0 Å². The van der Waals surface area contributed by atoms with Crippen molar-refractivity contribution in [3.8, 4) is 0 Å². The number of ether oxygens (including phenoxy) is 1. The summed E-state index contributed by atoms with van der Waals surface area (Å²) in [5.74, 6) is 0.819. The molecule has 1 atom stereocenters. The van der Waals surface area contributed by atoms with Crippen LogP contribution in [0.3, 0.4) is 0 Å². The van der Waals surface area contributed by atoms with E-state index in [4.69, 9.17) is 4.74 Å². The SMILES string of the molecule is CC1(C(=O)Nc2cnn3c2NCCC3)CCCO1. The van der Waals surface area contributed by atoms with Gasteiger partial charge in [-0.05, 0) is 26.2 Å². The molecule has 1 saturated heterocycles. The van der Waals surface area contributed by atoms with E-state index in [0.29, 0.717) is 6.61 Å². The second-order valence-corrected chi connectivity index (χ2v) is 5.05. The number of carbonyl (C=O) groups is 1. The van der Waals surface area contributed by atoms with E-state index in [0.717, 1.165) is 43.9 Å². The largest absolute Gasteiger partial charge is 0.368 e. The van der Waals surface area contributed by atoms with Gasteiger partial charge in [0.05, 0.1) is 6.20 Å². The van der Waals surface area contributed by atoms with Gasteiger partial charge in [-0.3, -0.25) is 4.79 Å². The summed E-state index contributed by atoms with van der Waals surface area (Å²) in [7, 11) is 0. The summed E-state index contributed by atoms with van der Waals surface area (Å²) in [5, 5.41) is 10.4. The van der Waals surface area contributed by atoms with Crippen molar-refractivity contribution in [2.75, 3.05) is 23.8 Å². The quantitative estimate of drug-likeness (QED) is 0.827. The number of nitrogens with zero attached hydrogens (tertiary/aromatic N) is 2. The molecule has 18 heavy (non-hydrogen) atoms. The fourth-order valence-electron chi connectivity index (χ4n) is 2.48. The van der Waals surface area contributed by atoms with Gasteiger partial charge in [0.1, 0.15) is 17.1 Å². The van der Waals surface area contributed by atoms with Crippen molar-refractivity contribution < 1.29 is 9.53 Å². The molecule has 0 spiro atoms. The molecule has 1 amide bonds. The predicted octanol–water partition coefficient (Wildman–Crippen LogP) is 1.21. The number of aromatic nitrogens is 2. The van der Waals surface area contributed by atoms with Gasteiger partial charge in [-0.15, -0.1) is 0 Å². The predicted molar refractivity (Wildman–Crippen MR) is 67.6 cm³/mol. The van der Waals surface area contributed by atoms with E-state index in [-0.39, 0.29) is 5.91 Å². The molecule has 0 aromatic carbocycles. The van der Waals surface area contributed by atoms with E-state index in [1.165, 1.54) is 0 Å². The fraction of sp³-hybridized carbons (Fsp3) is 0.667. The number of amides is 1. The van der Waals surface area contributed by atoms with Crippen molar-refractivity contribution >= 4 is 17.4 Å². The molecule has 1 aromatic rings.